The van der Waals surface area contributed by atoms with E-state index in [1.165, 1.54) is 61.1 Å². The highest BCUT2D eigenvalue weighted by atomic mass is 15.1. The molecule has 3 aliphatic rings. The summed E-state index contributed by atoms with van der Waals surface area (Å²) in [5.41, 5.74) is 17.9. The first-order chi connectivity index (χ1) is 32.1. The van der Waals surface area contributed by atoms with Gasteiger partial charge in [-0.05, 0) is 136 Å². The second kappa shape index (κ2) is 16.7. The zero-order chi connectivity index (χ0) is 43.9. The number of para-hydroxylation sites is 1. The van der Waals surface area contributed by atoms with Crippen LogP contribution in [0.2, 0.25) is 0 Å². The summed E-state index contributed by atoms with van der Waals surface area (Å²) in [4.78, 5) is 2.52. The fourth-order valence-corrected chi connectivity index (χ4v) is 11.1. The van der Waals surface area contributed by atoms with Gasteiger partial charge in [-0.2, -0.15) is 0 Å². The third-order valence-corrected chi connectivity index (χ3v) is 14.0. The monoisotopic (exact) mass is 834 g/mol. The summed E-state index contributed by atoms with van der Waals surface area (Å²) in [6.07, 6.45) is 27.9. The number of terminal acetylenes is 1. The highest BCUT2D eigenvalue weighted by molar-refractivity contribution is 6.12. The Kier molecular flexibility index (Phi) is 10.3. The number of anilines is 2. The van der Waals surface area contributed by atoms with Crippen LogP contribution in [-0.2, 0) is 5.41 Å². The number of allylic oxidation sites excluding steroid dienone is 12. The minimum absolute atomic E-state index is 0.249. The van der Waals surface area contributed by atoms with E-state index < -0.39 is 0 Å². The molecule has 0 saturated carbocycles. The predicted octanol–water partition coefficient (Wildman–Crippen LogP) is 16.1. The Morgan fingerprint density at radius 3 is 2.14 bits per heavy atom. The van der Waals surface area contributed by atoms with Crippen LogP contribution in [0.15, 0.2) is 230 Å². The van der Waals surface area contributed by atoms with Crippen molar-refractivity contribution in [3.63, 3.8) is 0 Å². The van der Waals surface area contributed by atoms with Crippen molar-refractivity contribution in [1.29, 1.82) is 0 Å². The molecule has 2 heteroatoms. The number of fused-ring (bicyclic) bond motifs is 6. The van der Waals surface area contributed by atoms with Crippen LogP contribution in [0.4, 0.5) is 11.4 Å². The molecule has 0 saturated heterocycles. The Balaban J connectivity index is 1.06. The van der Waals surface area contributed by atoms with Gasteiger partial charge in [0.05, 0.1) is 22.1 Å². The van der Waals surface area contributed by atoms with Crippen LogP contribution >= 0.6 is 0 Å². The molecule has 3 aliphatic carbocycles. The van der Waals surface area contributed by atoms with E-state index >= 15 is 0 Å². The van der Waals surface area contributed by atoms with Crippen molar-refractivity contribution in [3.8, 4) is 34.6 Å². The van der Waals surface area contributed by atoms with Gasteiger partial charge < -0.3 is 9.47 Å². The number of hydrogen-bond acceptors (Lipinski definition) is 1. The average Bonchev–Trinajstić information content (AvgIpc) is 3.85. The molecular formula is C63H50N2. The van der Waals surface area contributed by atoms with Crippen LogP contribution in [0.25, 0.3) is 55.3 Å². The second-order valence-electron chi connectivity index (χ2n) is 17.5. The number of rotatable bonds is 9. The normalized spacial score (nSPS) is 18.9. The summed E-state index contributed by atoms with van der Waals surface area (Å²) in [5.74, 6) is 3.52. The standard InChI is InChI=1S/C63H50N2/c1-4-6-26-50(5-2)65-61-30-19-17-28-57(61)58-42-47(33-40-62(58)65)45-31-34-51(35-32-45)64(52-36-38-54(44(3)41-52)46-20-10-7-11-21-46)53-37-39-56-55-27-16-18-29-59(55)63(60(56)43-53,48-22-12-8-13-23-48)49-24-14-9-15-25-49/h2,4,6-24,26-40,42-44,49H,25,41H2,1,3H3/b6-4-,50-26+. The third kappa shape index (κ3) is 6.66. The van der Waals surface area contributed by atoms with Gasteiger partial charge in [-0.1, -0.05) is 183 Å². The van der Waals surface area contributed by atoms with Crippen LogP contribution < -0.4 is 4.90 Å². The summed E-state index contributed by atoms with van der Waals surface area (Å²) in [6, 6.07) is 62.9. The first-order valence-electron chi connectivity index (χ1n) is 22.9. The molecule has 3 unspecified atom stereocenters. The van der Waals surface area contributed by atoms with E-state index in [-0.39, 0.29) is 11.3 Å². The number of hydrogen-bond donors (Lipinski definition) is 0. The molecule has 0 amide bonds. The van der Waals surface area contributed by atoms with Gasteiger partial charge in [-0.25, -0.2) is 0 Å². The van der Waals surface area contributed by atoms with Gasteiger partial charge in [-0.15, -0.1) is 6.42 Å². The topological polar surface area (TPSA) is 8.17 Å². The molecule has 65 heavy (non-hydrogen) atoms. The maximum Gasteiger partial charge on any atom is 0.0967 e. The van der Waals surface area contributed by atoms with Gasteiger partial charge in [0.15, 0.2) is 0 Å². The quantitative estimate of drug-likeness (QED) is 0.104. The van der Waals surface area contributed by atoms with E-state index in [0.717, 1.165) is 46.4 Å². The van der Waals surface area contributed by atoms with Crippen molar-refractivity contribution in [2.45, 2.75) is 32.1 Å². The van der Waals surface area contributed by atoms with Gasteiger partial charge in [0.25, 0.3) is 0 Å². The Morgan fingerprint density at radius 2 is 1.37 bits per heavy atom. The molecule has 0 spiro atoms. The lowest BCUT2D eigenvalue weighted by Crippen LogP contribution is -2.35. The van der Waals surface area contributed by atoms with E-state index in [1.54, 1.807) is 0 Å². The minimum atomic E-state index is -0.361. The van der Waals surface area contributed by atoms with Gasteiger partial charge in [0.2, 0.25) is 0 Å². The molecular weight excluding hydrogens is 785 g/mol. The highest BCUT2D eigenvalue weighted by Gasteiger charge is 2.49. The van der Waals surface area contributed by atoms with E-state index in [1.807, 2.05) is 25.2 Å². The van der Waals surface area contributed by atoms with Crippen LogP contribution in [-0.4, -0.2) is 4.57 Å². The smallest absolute Gasteiger partial charge is 0.0967 e. The van der Waals surface area contributed by atoms with E-state index in [0.29, 0.717) is 5.92 Å². The summed E-state index contributed by atoms with van der Waals surface area (Å²) in [7, 11) is 0. The van der Waals surface area contributed by atoms with E-state index in [4.69, 9.17) is 6.42 Å². The van der Waals surface area contributed by atoms with Crippen LogP contribution in [0.1, 0.15) is 48.9 Å². The molecule has 0 fully saturated rings. The Labute approximate surface area is 383 Å². The lowest BCUT2D eigenvalue weighted by molar-refractivity contribution is 0.457. The summed E-state index contributed by atoms with van der Waals surface area (Å²) < 4.78 is 2.20. The Bertz CT molecular complexity index is 3340. The molecule has 7 aromatic carbocycles. The van der Waals surface area contributed by atoms with Crippen molar-refractivity contribution in [2.75, 3.05) is 4.90 Å². The molecule has 312 valence electrons. The first-order valence-corrected chi connectivity index (χ1v) is 22.9. The molecule has 0 bridgehead atoms. The summed E-state index contributed by atoms with van der Waals surface area (Å²) in [5, 5.41) is 2.36. The molecule has 1 heterocycles. The lowest BCUT2D eigenvalue weighted by atomic mass is 9.62. The molecule has 0 N–H and O–H groups in total. The number of aromatic nitrogens is 1. The SMILES string of the molecule is C#C/C(=C\C=C/C)n1c2ccccc2c2cc(-c3ccc(N(C4=CC=C(c5ccccc5)C(C)C4)c4ccc5c(c4)C(c4ccccc4)(C4C=CC=CC4)c4ccccc4-5)cc3)ccc21. The van der Waals surface area contributed by atoms with Gasteiger partial charge >= 0.3 is 0 Å². The summed E-state index contributed by atoms with van der Waals surface area (Å²) in [6.45, 7) is 4.37. The summed E-state index contributed by atoms with van der Waals surface area (Å²) >= 11 is 0. The number of benzene rings is 7. The van der Waals surface area contributed by atoms with Crippen molar-refractivity contribution in [3.05, 3.63) is 252 Å². The lowest BCUT2D eigenvalue weighted by Gasteiger charge is -2.40. The molecule has 1 aromatic heterocycles. The highest BCUT2D eigenvalue weighted by Crippen LogP contribution is 2.59. The fraction of sp³-hybridized carbons (Fsp3) is 0.111. The molecule has 11 rings (SSSR count). The van der Waals surface area contributed by atoms with Gasteiger partial charge in [0.1, 0.15) is 0 Å². The first kappa shape index (κ1) is 40.0. The van der Waals surface area contributed by atoms with Crippen molar-refractivity contribution < 1.29 is 0 Å². The average molecular weight is 835 g/mol. The third-order valence-electron chi connectivity index (χ3n) is 14.0. The molecule has 3 atom stereocenters. The zero-order valence-electron chi connectivity index (χ0n) is 36.9. The van der Waals surface area contributed by atoms with Crippen molar-refractivity contribution in [2.24, 2.45) is 11.8 Å². The van der Waals surface area contributed by atoms with E-state index in [9.17, 15) is 0 Å². The maximum absolute atomic E-state index is 6.11. The van der Waals surface area contributed by atoms with Crippen molar-refractivity contribution in [1.82, 2.24) is 4.57 Å². The maximum atomic E-state index is 6.11. The van der Waals surface area contributed by atoms with Crippen LogP contribution in [0.3, 0.4) is 0 Å². The predicted molar refractivity (Wildman–Crippen MR) is 276 cm³/mol. The Morgan fingerprint density at radius 1 is 0.662 bits per heavy atom. The molecule has 0 aliphatic heterocycles. The van der Waals surface area contributed by atoms with Gasteiger partial charge in [0, 0.05) is 27.8 Å². The van der Waals surface area contributed by atoms with Gasteiger partial charge in [-0.3, -0.25) is 0 Å². The van der Waals surface area contributed by atoms with Crippen LogP contribution in [0, 0.1) is 24.2 Å². The number of nitrogens with zero attached hydrogens (tertiary/aromatic N) is 2. The minimum Gasteiger partial charge on any atom is -0.314 e. The Hall–Kier alpha value is -7.86. The fourth-order valence-electron chi connectivity index (χ4n) is 11.1. The largest absolute Gasteiger partial charge is 0.314 e. The molecule has 8 aromatic rings. The van der Waals surface area contributed by atoms with Crippen molar-refractivity contribution >= 4 is 44.5 Å². The van der Waals surface area contributed by atoms with E-state index in [2.05, 4.69) is 229 Å². The molecule has 0 radical (unpaired) electrons. The van der Waals surface area contributed by atoms with Crippen LogP contribution in [0.5, 0.6) is 0 Å². The molecule has 2 nitrogen and oxygen atoms in total. The second-order valence-corrected chi connectivity index (χ2v) is 17.5. The zero-order valence-corrected chi connectivity index (χ0v) is 36.9.